The van der Waals surface area contributed by atoms with E-state index in [1.165, 1.54) is 25.7 Å². The highest BCUT2D eigenvalue weighted by Crippen LogP contribution is 2.16. The van der Waals surface area contributed by atoms with Crippen LogP contribution in [0, 0.1) is 6.92 Å². The molecule has 0 atom stereocenters. The first-order valence-corrected chi connectivity index (χ1v) is 7.27. The van der Waals surface area contributed by atoms with Gasteiger partial charge in [-0.1, -0.05) is 44.2 Å². The molecule has 0 aliphatic carbocycles. The summed E-state index contributed by atoms with van der Waals surface area (Å²) in [4.78, 5) is 4.30. The summed E-state index contributed by atoms with van der Waals surface area (Å²) in [5, 5.41) is 11.8. The number of ether oxygens (including phenoxy) is 1. The summed E-state index contributed by atoms with van der Waals surface area (Å²) in [6, 6.07) is 3.57. The van der Waals surface area contributed by atoms with Crippen LogP contribution in [0.2, 0.25) is 0 Å². The molecule has 5 heteroatoms. The number of rotatable bonds is 9. The number of hydrogen-bond donors (Lipinski definition) is 2. The highest BCUT2D eigenvalue weighted by molar-refractivity contribution is 5.99. The molecule has 1 aromatic rings. The molecule has 20 heavy (non-hydrogen) atoms. The summed E-state index contributed by atoms with van der Waals surface area (Å²) in [7, 11) is 0. The number of pyridine rings is 1. The first-order chi connectivity index (χ1) is 9.69. The molecule has 1 aromatic heterocycles. The summed E-state index contributed by atoms with van der Waals surface area (Å²) in [6.07, 6.45) is 7.24. The van der Waals surface area contributed by atoms with Gasteiger partial charge >= 0.3 is 0 Å². The Kier molecular flexibility index (Phi) is 7.47. The molecule has 1 heterocycles. The summed E-state index contributed by atoms with van der Waals surface area (Å²) < 4.78 is 5.66. The van der Waals surface area contributed by atoms with Crippen molar-refractivity contribution in [1.29, 1.82) is 0 Å². The Bertz CT molecular complexity index is 433. The lowest BCUT2D eigenvalue weighted by molar-refractivity contribution is 0.291. The smallest absolute Gasteiger partial charge is 0.224 e. The van der Waals surface area contributed by atoms with Gasteiger partial charge in [-0.2, -0.15) is 0 Å². The van der Waals surface area contributed by atoms with Crippen LogP contribution in [0.5, 0.6) is 5.88 Å². The molecule has 0 bridgehead atoms. The number of nitrogens with zero attached hydrogens (tertiary/aromatic N) is 2. The molecule has 0 aliphatic heterocycles. The van der Waals surface area contributed by atoms with E-state index in [1.54, 1.807) is 6.07 Å². The van der Waals surface area contributed by atoms with Gasteiger partial charge in [0.2, 0.25) is 5.88 Å². The van der Waals surface area contributed by atoms with E-state index in [4.69, 9.17) is 15.7 Å². The maximum atomic E-state index is 8.75. The highest BCUT2D eigenvalue weighted by atomic mass is 16.5. The van der Waals surface area contributed by atoms with Gasteiger partial charge in [0.15, 0.2) is 5.84 Å². The van der Waals surface area contributed by atoms with Crippen molar-refractivity contribution in [3.63, 3.8) is 0 Å². The zero-order chi connectivity index (χ0) is 14.8. The minimum Gasteiger partial charge on any atom is -0.477 e. The molecule has 0 saturated heterocycles. The number of unbranched alkanes of at least 4 members (excludes halogenated alkanes) is 5. The number of aromatic nitrogens is 1. The van der Waals surface area contributed by atoms with E-state index in [0.717, 1.165) is 18.5 Å². The third kappa shape index (κ3) is 5.47. The fourth-order valence-electron chi connectivity index (χ4n) is 1.94. The number of oxime groups is 1. The summed E-state index contributed by atoms with van der Waals surface area (Å²) in [5.74, 6) is 0.462. The first kappa shape index (κ1) is 16.3. The van der Waals surface area contributed by atoms with Crippen molar-refractivity contribution in [2.75, 3.05) is 6.61 Å². The van der Waals surface area contributed by atoms with E-state index in [1.807, 2.05) is 13.0 Å². The van der Waals surface area contributed by atoms with Crippen LogP contribution in [-0.2, 0) is 0 Å². The molecular weight excluding hydrogens is 254 g/mol. The molecule has 1 rings (SSSR count). The maximum absolute atomic E-state index is 8.75. The summed E-state index contributed by atoms with van der Waals surface area (Å²) >= 11 is 0. The Balaban J connectivity index is 2.44. The average molecular weight is 279 g/mol. The molecule has 0 unspecified atom stereocenters. The number of aryl methyl sites for hydroxylation is 1. The second-order valence-corrected chi connectivity index (χ2v) is 4.91. The standard InChI is InChI=1S/C15H25N3O2/c1-3-4-5-6-7-8-11-20-15-13(14(16)18-19)10-9-12(2)17-15/h9-10,19H,3-8,11H2,1-2H3,(H2,16,18). The third-order valence-electron chi connectivity index (χ3n) is 3.12. The molecule has 0 radical (unpaired) electrons. The SMILES string of the molecule is CCCCCCCCOc1nc(C)ccc1C(N)=NO. The minimum absolute atomic E-state index is 0.0236. The Morgan fingerprint density at radius 3 is 2.65 bits per heavy atom. The maximum Gasteiger partial charge on any atom is 0.224 e. The average Bonchev–Trinajstić information content (AvgIpc) is 2.45. The van der Waals surface area contributed by atoms with Gasteiger partial charge in [-0.25, -0.2) is 4.98 Å². The lowest BCUT2D eigenvalue weighted by atomic mass is 10.1. The van der Waals surface area contributed by atoms with Gasteiger partial charge in [0, 0.05) is 5.69 Å². The Morgan fingerprint density at radius 2 is 1.95 bits per heavy atom. The van der Waals surface area contributed by atoms with Crippen molar-refractivity contribution >= 4 is 5.84 Å². The molecule has 3 N–H and O–H groups in total. The van der Waals surface area contributed by atoms with Crippen molar-refractivity contribution in [2.24, 2.45) is 10.9 Å². The van der Waals surface area contributed by atoms with Crippen LogP contribution in [-0.4, -0.2) is 22.6 Å². The molecule has 0 amide bonds. The van der Waals surface area contributed by atoms with E-state index < -0.39 is 0 Å². The van der Waals surface area contributed by atoms with Crippen LogP contribution in [0.1, 0.15) is 56.7 Å². The van der Waals surface area contributed by atoms with Crippen molar-refractivity contribution in [2.45, 2.75) is 52.4 Å². The van der Waals surface area contributed by atoms with Crippen molar-refractivity contribution in [3.05, 3.63) is 23.4 Å². The molecular formula is C15H25N3O2. The monoisotopic (exact) mass is 279 g/mol. The van der Waals surface area contributed by atoms with Gasteiger partial charge in [-0.3, -0.25) is 0 Å². The van der Waals surface area contributed by atoms with E-state index in [0.29, 0.717) is 18.1 Å². The second-order valence-electron chi connectivity index (χ2n) is 4.91. The quantitative estimate of drug-likeness (QED) is 0.239. The Hall–Kier alpha value is -1.78. The Labute approximate surface area is 120 Å². The fraction of sp³-hybridized carbons (Fsp3) is 0.600. The van der Waals surface area contributed by atoms with Crippen molar-refractivity contribution in [3.8, 4) is 5.88 Å². The van der Waals surface area contributed by atoms with E-state index in [-0.39, 0.29) is 5.84 Å². The third-order valence-corrected chi connectivity index (χ3v) is 3.12. The van der Waals surface area contributed by atoms with Crippen LogP contribution >= 0.6 is 0 Å². The number of nitrogens with two attached hydrogens (primary N) is 1. The summed E-state index contributed by atoms with van der Waals surface area (Å²) in [5.41, 5.74) is 6.99. The van der Waals surface area contributed by atoms with Crippen molar-refractivity contribution in [1.82, 2.24) is 4.98 Å². The zero-order valence-corrected chi connectivity index (χ0v) is 12.4. The van der Waals surface area contributed by atoms with Crippen LogP contribution in [0.3, 0.4) is 0 Å². The highest BCUT2D eigenvalue weighted by Gasteiger charge is 2.10. The number of hydrogen-bond acceptors (Lipinski definition) is 4. The molecule has 0 aromatic carbocycles. The largest absolute Gasteiger partial charge is 0.477 e. The van der Waals surface area contributed by atoms with Gasteiger partial charge in [0.1, 0.15) is 0 Å². The van der Waals surface area contributed by atoms with Gasteiger partial charge in [-0.15, -0.1) is 0 Å². The molecule has 5 nitrogen and oxygen atoms in total. The van der Waals surface area contributed by atoms with E-state index in [9.17, 15) is 0 Å². The molecule has 0 fully saturated rings. The van der Waals surface area contributed by atoms with Gasteiger partial charge in [-0.05, 0) is 25.5 Å². The molecule has 0 spiro atoms. The van der Waals surface area contributed by atoms with Gasteiger partial charge in [0.25, 0.3) is 0 Å². The van der Waals surface area contributed by atoms with Crippen molar-refractivity contribution < 1.29 is 9.94 Å². The minimum atomic E-state index is 0.0236. The van der Waals surface area contributed by atoms with Crippen LogP contribution in [0.15, 0.2) is 17.3 Å². The molecule has 0 aliphatic rings. The lowest BCUT2D eigenvalue weighted by Gasteiger charge is -2.10. The molecule has 0 saturated carbocycles. The predicted octanol–water partition coefficient (Wildman–Crippen LogP) is 3.22. The molecule has 112 valence electrons. The van der Waals surface area contributed by atoms with E-state index >= 15 is 0 Å². The van der Waals surface area contributed by atoms with Crippen LogP contribution < -0.4 is 10.5 Å². The zero-order valence-electron chi connectivity index (χ0n) is 12.4. The topological polar surface area (TPSA) is 80.7 Å². The van der Waals surface area contributed by atoms with Crippen LogP contribution in [0.25, 0.3) is 0 Å². The van der Waals surface area contributed by atoms with Gasteiger partial charge in [0.05, 0.1) is 12.2 Å². The normalized spacial score (nSPS) is 11.6. The number of amidine groups is 1. The predicted molar refractivity (Wildman–Crippen MR) is 80.4 cm³/mol. The van der Waals surface area contributed by atoms with E-state index in [2.05, 4.69) is 17.1 Å². The second kappa shape index (κ2) is 9.18. The van der Waals surface area contributed by atoms with Gasteiger partial charge < -0.3 is 15.7 Å². The summed E-state index contributed by atoms with van der Waals surface area (Å²) in [6.45, 7) is 4.70. The Morgan fingerprint density at radius 1 is 1.25 bits per heavy atom. The first-order valence-electron chi connectivity index (χ1n) is 7.27. The fourth-order valence-corrected chi connectivity index (χ4v) is 1.94. The lowest BCUT2D eigenvalue weighted by Crippen LogP contribution is -2.16. The van der Waals surface area contributed by atoms with Crippen LogP contribution in [0.4, 0.5) is 0 Å².